The largest absolute Gasteiger partial charge is 0.493 e. The summed E-state index contributed by atoms with van der Waals surface area (Å²) in [5, 5.41) is 0. The highest BCUT2D eigenvalue weighted by Gasteiger charge is 2.14. The topological polar surface area (TPSA) is 35.2 Å². The molecule has 2 N–H and O–H groups in total. The van der Waals surface area contributed by atoms with Crippen molar-refractivity contribution < 1.29 is 4.74 Å². The number of nitrogens with two attached hydrogens (primary N) is 1. The summed E-state index contributed by atoms with van der Waals surface area (Å²) in [6, 6.07) is 6.31. The summed E-state index contributed by atoms with van der Waals surface area (Å²) < 4.78 is 6.66. The van der Waals surface area contributed by atoms with E-state index in [1.807, 2.05) is 12.1 Å². The summed E-state index contributed by atoms with van der Waals surface area (Å²) >= 11 is 3.44. The van der Waals surface area contributed by atoms with E-state index in [0.717, 1.165) is 29.7 Å². The van der Waals surface area contributed by atoms with E-state index in [4.69, 9.17) is 10.5 Å². The number of rotatable bonds is 0. The van der Waals surface area contributed by atoms with Gasteiger partial charge in [0.25, 0.3) is 0 Å². The molecule has 1 aliphatic rings. The lowest BCUT2D eigenvalue weighted by molar-refractivity contribution is 0.310. The van der Waals surface area contributed by atoms with Crippen molar-refractivity contribution in [1.29, 1.82) is 0 Å². The van der Waals surface area contributed by atoms with Crippen LogP contribution in [-0.4, -0.2) is 12.6 Å². The van der Waals surface area contributed by atoms with Gasteiger partial charge in [0, 0.05) is 10.5 Å². The van der Waals surface area contributed by atoms with E-state index < -0.39 is 0 Å². The second-order valence-corrected chi connectivity index (χ2v) is 4.27. The summed E-state index contributed by atoms with van der Waals surface area (Å²) in [5.74, 6) is 0.983. The van der Waals surface area contributed by atoms with Crippen LogP contribution in [0.1, 0.15) is 12.0 Å². The van der Waals surface area contributed by atoms with E-state index in [2.05, 4.69) is 22.0 Å². The van der Waals surface area contributed by atoms with E-state index >= 15 is 0 Å². The quantitative estimate of drug-likeness (QED) is 0.756. The third-order valence-electron chi connectivity index (χ3n) is 2.25. The van der Waals surface area contributed by atoms with E-state index in [9.17, 15) is 0 Å². The van der Waals surface area contributed by atoms with Gasteiger partial charge in [-0.05, 0) is 36.6 Å². The predicted octanol–water partition coefficient (Wildman–Crippen LogP) is 2.10. The minimum absolute atomic E-state index is 0.232. The first-order valence-corrected chi connectivity index (χ1v) is 5.22. The lowest BCUT2D eigenvalue weighted by Gasteiger charge is -2.07. The highest BCUT2D eigenvalue weighted by atomic mass is 79.9. The maximum atomic E-state index is 5.90. The standard InChI is InChI=1S/C10H12BrNO/c11-8-1-2-10-7(5-8)6-9(12)3-4-13-10/h1-2,5,9H,3-4,6,12H2. The van der Waals surface area contributed by atoms with Gasteiger partial charge in [0.15, 0.2) is 0 Å². The molecular weight excluding hydrogens is 230 g/mol. The van der Waals surface area contributed by atoms with Gasteiger partial charge in [-0.2, -0.15) is 0 Å². The van der Waals surface area contributed by atoms with Gasteiger partial charge in [-0.15, -0.1) is 0 Å². The van der Waals surface area contributed by atoms with Gasteiger partial charge in [0.2, 0.25) is 0 Å². The maximum Gasteiger partial charge on any atom is 0.122 e. The Kier molecular flexibility index (Phi) is 2.56. The molecule has 0 amide bonds. The third-order valence-corrected chi connectivity index (χ3v) is 2.74. The fourth-order valence-corrected chi connectivity index (χ4v) is 1.96. The number of benzene rings is 1. The number of fused-ring (bicyclic) bond motifs is 1. The normalized spacial score (nSPS) is 21.5. The van der Waals surface area contributed by atoms with Crippen LogP contribution in [0, 0.1) is 0 Å². The fraction of sp³-hybridized carbons (Fsp3) is 0.400. The maximum absolute atomic E-state index is 5.90. The second kappa shape index (κ2) is 3.68. The first-order valence-electron chi connectivity index (χ1n) is 4.42. The summed E-state index contributed by atoms with van der Waals surface area (Å²) in [5.41, 5.74) is 7.11. The molecule has 0 fully saturated rings. The monoisotopic (exact) mass is 241 g/mol. The van der Waals surface area contributed by atoms with Crippen LogP contribution >= 0.6 is 15.9 Å². The smallest absolute Gasteiger partial charge is 0.122 e. The molecule has 1 aromatic carbocycles. The van der Waals surface area contributed by atoms with Crippen molar-refractivity contribution in [3.05, 3.63) is 28.2 Å². The molecule has 0 spiro atoms. The Hall–Kier alpha value is -0.540. The Morgan fingerprint density at radius 2 is 2.31 bits per heavy atom. The molecule has 1 unspecified atom stereocenters. The molecule has 0 bridgehead atoms. The molecule has 0 saturated carbocycles. The molecule has 1 heterocycles. The fourth-order valence-electron chi connectivity index (χ4n) is 1.55. The zero-order chi connectivity index (χ0) is 9.26. The highest BCUT2D eigenvalue weighted by Crippen LogP contribution is 2.26. The van der Waals surface area contributed by atoms with Gasteiger partial charge < -0.3 is 10.5 Å². The average Bonchev–Trinajstić information content (AvgIpc) is 2.25. The van der Waals surface area contributed by atoms with Crippen molar-refractivity contribution in [3.8, 4) is 5.75 Å². The molecule has 0 aromatic heterocycles. The van der Waals surface area contributed by atoms with E-state index in [-0.39, 0.29) is 6.04 Å². The van der Waals surface area contributed by atoms with Crippen LogP contribution in [0.15, 0.2) is 22.7 Å². The van der Waals surface area contributed by atoms with Crippen LogP contribution in [0.4, 0.5) is 0 Å². The van der Waals surface area contributed by atoms with Gasteiger partial charge in [-0.1, -0.05) is 15.9 Å². The molecule has 1 atom stereocenters. The molecule has 0 saturated heterocycles. The van der Waals surface area contributed by atoms with Crippen molar-refractivity contribution >= 4 is 15.9 Å². The minimum Gasteiger partial charge on any atom is -0.493 e. The molecule has 13 heavy (non-hydrogen) atoms. The van der Waals surface area contributed by atoms with Crippen molar-refractivity contribution in [2.45, 2.75) is 18.9 Å². The second-order valence-electron chi connectivity index (χ2n) is 3.35. The van der Waals surface area contributed by atoms with Gasteiger partial charge in [-0.3, -0.25) is 0 Å². The molecule has 0 radical (unpaired) electrons. The lowest BCUT2D eigenvalue weighted by atomic mass is 10.1. The van der Waals surface area contributed by atoms with E-state index in [0.29, 0.717) is 0 Å². The van der Waals surface area contributed by atoms with Gasteiger partial charge in [0.1, 0.15) is 5.75 Å². The SMILES string of the molecule is NC1CCOc2ccc(Br)cc2C1. The zero-order valence-electron chi connectivity index (χ0n) is 7.29. The Morgan fingerprint density at radius 1 is 1.46 bits per heavy atom. The Balaban J connectivity index is 2.35. The Morgan fingerprint density at radius 3 is 3.15 bits per heavy atom. The average molecular weight is 242 g/mol. The zero-order valence-corrected chi connectivity index (χ0v) is 8.88. The first-order chi connectivity index (χ1) is 6.25. The number of ether oxygens (including phenoxy) is 1. The van der Waals surface area contributed by atoms with E-state index in [1.165, 1.54) is 5.56 Å². The first kappa shape index (κ1) is 9.03. The van der Waals surface area contributed by atoms with Gasteiger partial charge in [-0.25, -0.2) is 0 Å². The molecule has 70 valence electrons. The number of halogens is 1. The molecule has 3 heteroatoms. The summed E-state index contributed by atoms with van der Waals surface area (Å²) in [7, 11) is 0. The Labute approximate surface area is 86.2 Å². The van der Waals surface area contributed by atoms with Crippen molar-refractivity contribution in [1.82, 2.24) is 0 Å². The molecule has 0 aliphatic carbocycles. The van der Waals surface area contributed by atoms with Gasteiger partial charge in [0.05, 0.1) is 6.61 Å². The van der Waals surface area contributed by atoms with Crippen molar-refractivity contribution in [2.24, 2.45) is 5.73 Å². The van der Waals surface area contributed by atoms with Gasteiger partial charge >= 0.3 is 0 Å². The van der Waals surface area contributed by atoms with E-state index in [1.54, 1.807) is 0 Å². The minimum atomic E-state index is 0.232. The molecular formula is C10H12BrNO. The van der Waals surface area contributed by atoms with Crippen LogP contribution < -0.4 is 10.5 Å². The highest BCUT2D eigenvalue weighted by molar-refractivity contribution is 9.10. The summed E-state index contributed by atoms with van der Waals surface area (Å²) in [4.78, 5) is 0. The molecule has 1 aliphatic heterocycles. The summed E-state index contributed by atoms with van der Waals surface area (Å²) in [6.45, 7) is 0.732. The molecule has 2 rings (SSSR count). The third kappa shape index (κ3) is 2.03. The number of hydrogen-bond donors (Lipinski definition) is 1. The van der Waals surface area contributed by atoms with Crippen LogP contribution in [-0.2, 0) is 6.42 Å². The number of hydrogen-bond acceptors (Lipinski definition) is 2. The van der Waals surface area contributed by atoms with Crippen LogP contribution in [0.5, 0.6) is 5.75 Å². The predicted molar refractivity (Wildman–Crippen MR) is 55.9 cm³/mol. The molecule has 1 aromatic rings. The van der Waals surface area contributed by atoms with Crippen LogP contribution in [0.2, 0.25) is 0 Å². The van der Waals surface area contributed by atoms with Crippen molar-refractivity contribution in [2.75, 3.05) is 6.61 Å². The van der Waals surface area contributed by atoms with Crippen LogP contribution in [0.25, 0.3) is 0 Å². The van der Waals surface area contributed by atoms with Crippen LogP contribution in [0.3, 0.4) is 0 Å². The lowest BCUT2D eigenvalue weighted by Crippen LogP contribution is -2.22. The van der Waals surface area contributed by atoms with Crippen molar-refractivity contribution in [3.63, 3.8) is 0 Å². The molecule has 2 nitrogen and oxygen atoms in total. The summed E-state index contributed by atoms with van der Waals surface area (Å²) in [6.07, 6.45) is 1.85. The Bertz CT molecular complexity index is 314.